The number of hydrogen-bond acceptors (Lipinski definition) is 5. The maximum atomic E-state index is 13.0. The van der Waals surface area contributed by atoms with Crippen molar-refractivity contribution in [2.24, 2.45) is 0 Å². The third-order valence-corrected chi connectivity index (χ3v) is 5.93. The number of carboxylic acid groups (broad SMARTS) is 1. The second-order valence-corrected chi connectivity index (χ2v) is 7.94. The lowest BCUT2D eigenvalue weighted by Gasteiger charge is -2.38. The minimum atomic E-state index is -0.959. The van der Waals surface area contributed by atoms with Crippen LogP contribution in [-0.4, -0.2) is 62.6 Å². The number of fused-ring (bicyclic) bond motifs is 1. The third-order valence-electron chi connectivity index (χ3n) is 4.82. The first kappa shape index (κ1) is 18.6. The first-order valence-corrected chi connectivity index (χ1v) is 9.99. The third kappa shape index (κ3) is 3.41. The molecule has 3 aromatic rings. The Labute approximate surface area is 170 Å². The van der Waals surface area contributed by atoms with E-state index in [-0.39, 0.29) is 11.9 Å². The zero-order chi connectivity index (χ0) is 19.8. The van der Waals surface area contributed by atoms with Gasteiger partial charge < -0.3 is 14.9 Å². The quantitative estimate of drug-likeness (QED) is 0.685. The molecule has 3 heterocycles. The van der Waals surface area contributed by atoms with Crippen LogP contribution in [-0.2, 0) is 0 Å². The smallest absolute Gasteiger partial charge is 0.407 e. The van der Waals surface area contributed by atoms with E-state index in [1.807, 2.05) is 5.38 Å². The topological polar surface area (TPSA) is 86.6 Å². The van der Waals surface area contributed by atoms with Crippen molar-refractivity contribution in [3.63, 3.8) is 0 Å². The van der Waals surface area contributed by atoms with Crippen molar-refractivity contribution in [3.8, 4) is 10.7 Å². The van der Waals surface area contributed by atoms with Gasteiger partial charge in [0.15, 0.2) is 0 Å². The molecule has 9 heteroatoms. The van der Waals surface area contributed by atoms with Crippen molar-refractivity contribution in [2.75, 3.05) is 19.6 Å². The molecule has 1 N–H and O–H groups in total. The van der Waals surface area contributed by atoms with Gasteiger partial charge in [0.05, 0.1) is 10.5 Å². The van der Waals surface area contributed by atoms with Crippen LogP contribution in [0.1, 0.15) is 17.3 Å². The summed E-state index contributed by atoms with van der Waals surface area (Å²) in [6, 6.07) is 6.78. The summed E-state index contributed by atoms with van der Waals surface area (Å²) >= 11 is 7.87. The molecule has 1 saturated heterocycles. The molecule has 144 valence electrons. The lowest BCUT2D eigenvalue weighted by Crippen LogP contribution is -2.55. The van der Waals surface area contributed by atoms with E-state index in [1.165, 1.54) is 16.2 Å². The Hall–Kier alpha value is -2.71. The number of nitrogens with zero attached hydrogens (tertiary/aromatic N) is 4. The lowest BCUT2D eigenvalue weighted by atomic mass is 10.1. The van der Waals surface area contributed by atoms with Crippen LogP contribution in [0.5, 0.6) is 0 Å². The highest BCUT2D eigenvalue weighted by atomic mass is 35.5. The molecule has 4 rings (SSSR count). The largest absolute Gasteiger partial charge is 0.465 e. The number of thiazole rings is 1. The van der Waals surface area contributed by atoms with Gasteiger partial charge in [-0.25, -0.2) is 14.8 Å². The number of halogens is 1. The van der Waals surface area contributed by atoms with Gasteiger partial charge in [-0.05, 0) is 25.1 Å². The summed E-state index contributed by atoms with van der Waals surface area (Å²) in [6.07, 6.45) is 0.747. The van der Waals surface area contributed by atoms with Crippen molar-refractivity contribution >= 4 is 45.8 Å². The summed E-state index contributed by atoms with van der Waals surface area (Å²) in [6.45, 7) is 2.82. The fraction of sp³-hybridized carbons (Fsp3) is 0.263. The Balaban J connectivity index is 1.64. The molecule has 1 aliphatic rings. The van der Waals surface area contributed by atoms with Crippen LogP contribution in [0.4, 0.5) is 4.79 Å². The van der Waals surface area contributed by atoms with Gasteiger partial charge in [-0.15, -0.1) is 11.3 Å². The normalized spacial score (nSPS) is 17.1. The molecule has 28 heavy (non-hydrogen) atoms. The van der Waals surface area contributed by atoms with Gasteiger partial charge in [0.25, 0.3) is 5.91 Å². The number of rotatable bonds is 2. The van der Waals surface area contributed by atoms with E-state index in [9.17, 15) is 14.7 Å². The Bertz CT molecular complexity index is 1060. The number of amides is 2. The zero-order valence-electron chi connectivity index (χ0n) is 15.0. The molecule has 0 radical (unpaired) electrons. The van der Waals surface area contributed by atoms with E-state index in [4.69, 9.17) is 11.6 Å². The molecule has 0 unspecified atom stereocenters. The minimum absolute atomic E-state index is 0.142. The van der Waals surface area contributed by atoms with Crippen molar-refractivity contribution in [2.45, 2.75) is 13.0 Å². The number of pyridine rings is 1. The molecule has 0 saturated carbocycles. The minimum Gasteiger partial charge on any atom is -0.465 e. The van der Waals surface area contributed by atoms with Gasteiger partial charge >= 0.3 is 6.09 Å². The zero-order valence-corrected chi connectivity index (χ0v) is 16.6. The lowest BCUT2D eigenvalue weighted by molar-refractivity contribution is 0.0507. The molecule has 1 fully saturated rings. The van der Waals surface area contributed by atoms with E-state index in [1.54, 1.807) is 42.3 Å². The standard InChI is InChI=1S/C19H17ClN4O3S/c1-11-10-23(5-6-24(11)19(26)27)18(25)12-2-3-13-14(20)9-16(22-15(13)8-12)17-21-4-7-28-17/h2-4,7-9,11H,5-6,10H2,1H3,(H,26,27)/t11-/m1/s1. The molecule has 2 amide bonds. The van der Waals surface area contributed by atoms with E-state index in [0.717, 1.165) is 10.4 Å². The molecule has 1 aliphatic heterocycles. The van der Waals surface area contributed by atoms with E-state index in [2.05, 4.69) is 9.97 Å². The number of piperazine rings is 1. The van der Waals surface area contributed by atoms with E-state index < -0.39 is 6.09 Å². The van der Waals surface area contributed by atoms with Gasteiger partial charge in [-0.1, -0.05) is 17.7 Å². The number of hydrogen-bond donors (Lipinski definition) is 1. The van der Waals surface area contributed by atoms with Crippen molar-refractivity contribution in [1.82, 2.24) is 19.8 Å². The van der Waals surface area contributed by atoms with Crippen LogP contribution in [0.15, 0.2) is 35.8 Å². The molecule has 0 bridgehead atoms. The maximum absolute atomic E-state index is 13.0. The molecular weight excluding hydrogens is 400 g/mol. The monoisotopic (exact) mass is 416 g/mol. The molecule has 2 aromatic heterocycles. The first-order chi connectivity index (χ1) is 13.4. The second kappa shape index (κ2) is 7.37. The predicted molar refractivity (Wildman–Crippen MR) is 108 cm³/mol. The summed E-state index contributed by atoms with van der Waals surface area (Å²) in [7, 11) is 0. The van der Waals surface area contributed by atoms with Gasteiger partial charge in [-0.3, -0.25) is 4.79 Å². The van der Waals surface area contributed by atoms with Gasteiger partial charge in [0, 0.05) is 48.2 Å². The van der Waals surface area contributed by atoms with Crippen LogP contribution in [0.3, 0.4) is 0 Å². The van der Waals surface area contributed by atoms with Crippen LogP contribution in [0.2, 0.25) is 5.02 Å². The molecule has 1 aromatic carbocycles. The summed E-state index contributed by atoms with van der Waals surface area (Å²) in [5, 5.41) is 13.1. The van der Waals surface area contributed by atoms with Crippen LogP contribution >= 0.6 is 22.9 Å². The SMILES string of the molecule is C[C@@H]1CN(C(=O)c2ccc3c(Cl)cc(-c4nccs4)nc3c2)CCN1C(=O)O. The van der Waals surface area contributed by atoms with E-state index >= 15 is 0 Å². The predicted octanol–water partition coefficient (Wildman–Crippen LogP) is 3.84. The van der Waals surface area contributed by atoms with Gasteiger partial charge in [-0.2, -0.15) is 0 Å². The number of aromatic nitrogens is 2. The van der Waals surface area contributed by atoms with Crippen molar-refractivity contribution in [1.29, 1.82) is 0 Å². The number of benzene rings is 1. The first-order valence-electron chi connectivity index (χ1n) is 8.73. The summed E-state index contributed by atoms with van der Waals surface area (Å²) < 4.78 is 0. The van der Waals surface area contributed by atoms with Crippen LogP contribution < -0.4 is 0 Å². The highest BCUT2D eigenvalue weighted by molar-refractivity contribution is 7.13. The molecule has 1 atom stereocenters. The highest BCUT2D eigenvalue weighted by Crippen LogP contribution is 2.30. The van der Waals surface area contributed by atoms with Crippen molar-refractivity contribution < 1.29 is 14.7 Å². The molecule has 0 aliphatic carbocycles. The Morgan fingerprint density at radius 1 is 1.29 bits per heavy atom. The van der Waals surface area contributed by atoms with Crippen LogP contribution in [0, 0.1) is 0 Å². The fourth-order valence-corrected chi connectivity index (χ4v) is 4.25. The highest BCUT2D eigenvalue weighted by Gasteiger charge is 2.30. The average molecular weight is 417 g/mol. The van der Waals surface area contributed by atoms with E-state index in [0.29, 0.717) is 41.4 Å². The van der Waals surface area contributed by atoms with Crippen molar-refractivity contribution in [3.05, 3.63) is 46.4 Å². The molecular formula is C19H17ClN4O3S. The van der Waals surface area contributed by atoms with Gasteiger partial charge in [0.1, 0.15) is 10.7 Å². The summed E-state index contributed by atoms with van der Waals surface area (Å²) in [4.78, 5) is 36.1. The summed E-state index contributed by atoms with van der Waals surface area (Å²) in [5.41, 5.74) is 1.80. The fourth-order valence-electron chi connectivity index (χ4n) is 3.39. The van der Waals surface area contributed by atoms with Crippen LogP contribution in [0.25, 0.3) is 21.6 Å². The maximum Gasteiger partial charge on any atom is 0.407 e. The van der Waals surface area contributed by atoms with Gasteiger partial charge in [0.2, 0.25) is 0 Å². The molecule has 0 spiro atoms. The number of carbonyl (C=O) groups excluding carboxylic acids is 1. The Kier molecular flexibility index (Phi) is 4.91. The molecule has 7 nitrogen and oxygen atoms in total. The Morgan fingerprint density at radius 3 is 2.79 bits per heavy atom. The Morgan fingerprint density at radius 2 is 2.11 bits per heavy atom. The average Bonchev–Trinajstić information content (AvgIpc) is 3.21. The summed E-state index contributed by atoms with van der Waals surface area (Å²) in [5.74, 6) is -0.142. The number of carbonyl (C=O) groups is 2. The second-order valence-electron chi connectivity index (χ2n) is 6.63.